The summed E-state index contributed by atoms with van der Waals surface area (Å²) in [7, 11) is 0. The minimum absolute atomic E-state index is 0.539. The molecule has 1 saturated heterocycles. The van der Waals surface area contributed by atoms with Crippen molar-refractivity contribution < 1.29 is 9.90 Å². The molecule has 1 fully saturated rings. The molecule has 1 unspecified atom stereocenters. The molecule has 1 heterocycles. The van der Waals surface area contributed by atoms with E-state index in [1.54, 1.807) is 0 Å². The largest absolute Gasteiger partial charge is 0.480 e. The molecule has 0 bridgehead atoms. The van der Waals surface area contributed by atoms with Crippen LogP contribution in [0.4, 0.5) is 0 Å². The Morgan fingerprint density at radius 2 is 2.17 bits per heavy atom. The molecule has 1 atom stereocenters. The van der Waals surface area contributed by atoms with Gasteiger partial charge < -0.3 is 10.8 Å². The molecule has 70 valence electrons. The van der Waals surface area contributed by atoms with Crippen LogP contribution in [0.25, 0.3) is 0 Å². The van der Waals surface area contributed by atoms with E-state index in [0.717, 1.165) is 24.3 Å². The van der Waals surface area contributed by atoms with Gasteiger partial charge in [0.15, 0.2) is 0 Å². The molecule has 0 aliphatic carbocycles. The highest BCUT2D eigenvalue weighted by Crippen LogP contribution is 2.25. The van der Waals surface area contributed by atoms with Crippen LogP contribution in [-0.2, 0) is 4.79 Å². The Labute approximate surface area is 76.7 Å². The maximum Gasteiger partial charge on any atom is 0.320 e. The molecular weight excluding hydrogens is 174 g/mol. The monoisotopic (exact) mass is 189 g/mol. The Morgan fingerprint density at radius 3 is 2.67 bits per heavy atom. The van der Waals surface area contributed by atoms with Gasteiger partial charge in [-0.25, -0.2) is 0 Å². The first-order valence-corrected chi connectivity index (χ1v) is 5.41. The lowest BCUT2D eigenvalue weighted by Crippen LogP contribution is -2.33. The number of thioether (sulfide) groups is 1. The van der Waals surface area contributed by atoms with Crippen molar-refractivity contribution in [3.8, 4) is 0 Å². The van der Waals surface area contributed by atoms with Crippen molar-refractivity contribution in [3.63, 3.8) is 0 Å². The summed E-state index contributed by atoms with van der Waals surface area (Å²) in [6.07, 6.45) is 2.91. The molecule has 0 saturated carbocycles. The Morgan fingerprint density at radius 1 is 1.58 bits per heavy atom. The molecule has 3 nitrogen and oxygen atoms in total. The number of carboxylic acid groups (broad SMARTS) is 1. The number of hydrogen-bond donors (Lipinski definition) is 2. The van der Waals surface area contributed by atoms with Gasteiger partial charge in [0, 0.05) is 0 Å². The van der Waals surface area contributed by atoms with Crippen LogP contribution in [0.1, 0.15) is 19.3 Å². The number of carboxylic acids is 1. The quantitative estimate of drug-likeness (QED) is 0.693. The second-order valence-electron chi connectivity index (χ2n) is 3.24. The fraction of sp³-hybridized carbons (Fsp3) is 0.875. The minimum Gasteiger partial charge on any atom is -0.480 e. The Kier molecular flexibility index (Phi) is 3.88. The van der Waals surface area contributed by atoms with Crippen molar-refractivity contribution in [2.75, 3.05) is 11.5 Å². The summed E-state index contributed by atoms with van der Waals surface area (Å²) in [4.78, 5) is 10.4. The average molecular weight is 189 g/mol. The van der Waals surface area contributed by atoms with Gasteiger partial charge in [-0.1, -0.05) is 0 Å². The molecule has 1 aliphatic heterocycles. The second kappa shape index (κ2) is 4.72. The predicted molar refractivity (Wildman–Crippen MR) is 50.3 cm³/mol. The SMILES string of the molecule is NC(CC1CCSCC1)C(=O)O. The van der Waals surface area contributed by atoms with Gasteiger partial charge in [0.25, 0.3) is 0 Å². The van der Waals surface area contributed by atoms with E-state index in [-0.39, 0.29) is 0 Å². The van der Waals surface area contributed by atoms with Crippen LogP contribution in [0, 0.1) is 5.92 Å². The van der Waals surface area contributed by atoms with Gasteiger partial charge in [-0.05, 0) is 36.7 Å². The van der Waals surface area contributed by atoms with Gasteiger partial charge in [0.2, 0.25) is 0 Å². The Hall–Kier alpha value is -0.220. The van der Waals surface area contributed by atoms with Crippen LogP contribution < -0.4 is 5.73 Å². The van der Waals surface area contributed by atoms with Crippen LogP contribution in [0.2, 0.25) is 0 Å². The van der Waals surface area contributed by atoms with Gasteiger partial charge in [-0.15, -0.1) is 0 Å². The number of carbonyl (C=O) groups is 1. The third-order valence-electron chi connectivity index (χ3n) is 2.25. The second-order valence-corrected chi connectivity index (χ2v) is 4.46. The zero-order valence-electron chi connectivity index (χ0n) is 7.03. The van der Waals surface area contributed by atoms with Crippen LogP contribution in [0.3, 0.4) is 0 Å². The van der Waals surface area contributed by atoms with Crippen molar-refractivity contribution in [1.82, 2.24) is 0 Å². The van der Waals surface area contributed by atoms with Crippen LogP contribution >= 0.6 is 11.8 Å². The molecule has 0 amide bonds. The Balaban J connectivity index is 2.24. The van der Waals surface area contributed by atoms with E-state index in [0.29, 0.717) is 12.3 Å². The van der Waals surface area contributed by atoms with Crippen LogP contribution in [0.5, 0.6) is 0 Å². The molecule has 0 radical (unpaired) electrons. The summed E-state index contributed by atoms with van der Waals surface area (Å²) < 4.78 is 0. The predicted octanol–water partition coefficient (Wildman–Crippen LogP) is 0.932. The molecule has 0 aromatic rings. The smallest absolute Gasteiger partial charge is 0.320 e. The zero-order chi connectivity index (χ0) is 8.97. The van der Waals surface area contributed by atoms with Gasteiger partial charge in [-0.2, -0.15) is 11.8 Å². The fourth-order valence-electron chi connectivity index (χ4n) is 1.44. The van der Waals surface area contributed by atoms with Crippen molar-refractivity contribution >= 4 is 17.7 Å². The van der Waals surface area contributed by atoms with Crippen LogP contribution in [0.15, 0.2) is 0 Å². The number of nitrogens with two attached hydrogens (primary N) is 1. The van der Waals surface area contributed by atoms with Gasteiger partial charge >= 0.3 is 5.97 Å². The van der Waals surface area contributed by atoms with Crippen molar-refractivity contribution in [3.05, 3.63) is 0 Å². The van der Waals surface area contributed by atoms with E-state index in [2.05, 4.69) is 0 Å². The lowest BCUT2D eigenvalue weighted by molar-refractivity contribution is -0.138. The van der Waals surface area contributed by atoms with Gasteiger partial charge in [-0.3, -0.25) is 4.79 Å². The molecule has 0 aromatic heterocycles. The molecule has 12 heavy (non-hydrogen) atoms. The summed E-state index contributed by atoms with van der Waals surface area (Å²) in [5.41, 5.74) is 5.44. The maximum atomic E-state index is 10.4. The van der Waals surface area contributed by atoms with E-state index in [1.165, 1.54) is 0 Å². The molecule has 1 aliphatic rings. The number of aliphatic carboxylic acids is 1. The molecule has 1 rings (SSSR count). The van der Waals surface area contributed by atoms with Crippen LogP contribution in [-0.4, -0.2) is 28.6 Å². The summed E-state index contributed by atoms with van der Waals surface area (Å²) in [6.45, 7) is 0. The van der Waals surface area contributed by atoms with Crippen molar-refractivity contribution in [2.45, 2.75) is 25.3 Å². The number of rotatable bonds is 3. The van der Waals surface area contributed by atoms with E-state index < -0.39 is 12.0 Å². The highest BCUT2D eigenvalue weighted by Gasteiger charge is 2.20. The Bertz CT molecular complexity index is 157. The average Bonchev–Trinajstić information content (AvgIpc) is 2.06. The van der Waals surface area contributed by atoms with Gasteiger partial charge in [0.1, 0.15) is 6.04 Å². The minimum atomic E-state index is -0.867. The first-order chi connectivity index (χ1) is 5.70. The zero-order valence-corrected chi connectivity index (χ0v) is 7.85. The standard InChI is InChI=1S/C8H15NO2S/c9-7(8(10)11)5-6-1-3-12-4-2-6/h6-7H,1-5,9H2,(H,10,11). The third kappa shape index (κ3) is 3.03. The third-order valence-corrected chi connectivity index (χ3v) is 3.29. The first-order valence-electron chi connectivity index (χ1n) is 4.26. The summed E-state index contributed by atoms with van der Waals surface area (Å²) in [5.74, 6) is 2.00. The lowest BCUT2D eigenvalue weighted by atomic mass is 9.95. The molecule has 0 spiro atoms. The van der Waals surface area contributed by atoms with Crippen molar-refractivity contribution in [2.24, 2.45) is 11.7 Å². The molecule has 3 N–H and O–H groups in total. The highest BCUT2D eigenvalue weighted by molar-refractivity contribution is 7.99. The van der Waals surface area contributed by atoms with Crippen molar-refractivity contribution in [1.29, 1.82) is 0 Å². The number of hydrogen-bond acceptors (Lipinski definition) is 3. The van der Waals surface area contributed by atoms with Gasteiger partial charge in [0.05, 0.1) is 0 Å². The fourth-order valence-corrected chi connectivity index (χ4v) is 2.65. The highest BCUT2D eigenvalue weighted by atomic mass is 32.2. The summed E-state index contributed by atoms with van der Waals surface area (Å²) >= 11 is 1.95. The molecule has 4 heteroatoms. The van der Waals surface area contributed by atoms with E-state index in [4.69, 9.17) is 10.8 Å². The lowest BCUT2D eigenvalue weighted by Gasteiger charge is -2.22. The van der Waals surface area contributed by atoms with E-state index in [1.807, 2.05) is 11.8 Å². The van der Waals surface area contributed by atoms with E-state index in [9.17, 15) is 4.79 Å². The normalized spacial score (nSPS) is 22.1. The summed E-state index contributed by atoms with van der Waals surface area (Å²) in [6, 6.07) is -0.655. The van der Waals surface area contributed by atoms with E-state index >= 15 is 0 Å². The first kappa shape index (κ1) is 9.86. The summed E-state index contributed by atoms with van der Waals surface area (Å²) in [5, 5.41) is 8.58. The maximum absolute atomic E-state index is 10.4. The molecule has 0 aromatic carbocycles. The molecular formula is C8H15NO2S. The topological polar surface area (TPSA) is 63.3 Å².